The predicted molar refractivity (Wildman–Crippen MR) is 66.5 cm³/mol. The zero-order valence-electron chi connectivity index (χ0n) is 9.76. The van der Waals surface area contributed by atoms with Gasteiger partial charge in [0.15, 0.2) is 0 Å². The van der Waals surface area contributed by atoms with Crippen LogP contribution in [0.1, 0.15) is 11.1 Å². The highest BCUT2D eigenvalue weighted by atomic mass is 16.5. The summed E-state index contributed by atoms with van der Waals surface area (Å²) in [5.41, 5.74) is 2.38. The van der Waals surface area contributed by atoms with Gasteiger partial charge in [0.25, 0.3) is 0 Å². The highest BCUT2D eigenvalue weighted by Gasteiger charge is 1.97. The van der Waals surface area contributed by atoms with Crippen LogP contribution in [0.15, 0.2) is 42.9 Å². The van der Waals surface area contributed by atoms with Crippen molar-refractivity contribution < 1.29 is 4.74 Å². The summed E-state index contributed by atoms with van der Waals surface area (Å²) in [5.74, 6) is 0.831. The highest BCUT2D eigenvalue weighted by Crippen LogP contribution is 2.08. The summed E-state index contributed by atoms with van der Waals surface area (Å²) < 4.78 is 5.10. The largest absolute Gasteiger partial charge is 0.380 e. The molecule has 0 radical (unpaired) electrons. The first kappa shape index (κ1) is 11.5. The molecule has 1 aromatic carbocycles. The van der Waals surface area contributed by atoms with Crippen LogP contribution in [-0.4, -0.2) is 17.1 Å². The molecule has 0 unspecified atom stereocenters. The minimum atomic E-state index is 0.640. The minimum Gasteiger partial charge on any atom is -0.380 e. The third-order valence-corrected chi connectivity index (χ3v) is 2.36. The second-order valence-electron chi connectivity index (χ2n) is 3.70. The van der Waals surface area contributed by atoms with E-state index in [9.17, 15) is 0 Å². The number of rotatable bonds is 5. The number of hydrogen-bond acceptors (Lipinski definition) is 4. The van der Waals surface area contributed by atoms with Crippen LogP contribution in [-0.2, 0) is 17.9 Å². The summed E-state index contributed by atoms with van der Waals surface area (Å²) in [7, 11) is 1.70. The Morgan fingerprint density at radius 1 is 1.24 bits per heavy atom. The highest BCUT2D eigenvalue weighted by molar-refractivity contribution is 5.34. The maximum absolute atomic E-state index is 5.10. The monoisotopic (exact) mass is 229 g/mol. The van der Waals surface area contributed by atoms with Crippen molar-refractivity contribution in [1.82, 2.24) is 9.97 Å². The van der Waals surface area contributed by atoms with Gasteiger partial charge in [0.1, 0.15) is 12.1 Å². The third-order valence-electron chi connectivity index (χ3n) is 2.36. The fourth-order valence-electron chi connectivity index (χ4n) is 1.58. The molecule has 0 bridgehead atoms. The quantitative estimate of drug-likeness (QED) is 0.854. The lowest BCUT2D eigenvalue weighted by atomic mass is 10.1. The van der Waals surface area contributed by atoms with Gasteiger partial charge in [-0.1, -0.05) is 24.3 Å². The number of anilines is 1. The Kier molecular flexibility index (Phi) is 4.05. The number of ether oxygens (including phenoxy) is 1. The number of hydrogen-bond donors (Lipinski definition) is 1. The zero-order valence-corrected chi connectivity index (χ0v) is 9.76. The van der Waals surface area contributed by atoms with Gasteiger partial charge in [0.05, 0.1) is 6.61 Å². The molecule has 0 saturated heterocycles. The van der Waals surface area contributed by atoms with Crippen molar-refractivity contribution in [2.45, 2.75) is 13.2 Å². The van der Waals surface area contributed by atoms with Crippen LogP contribution < -0.4 is 5.32 Å². The van der Waals surface area contributed by atoms with E-state index in [0.29, 0.717) is 6.61 Å². The molecule has 0 aliphatic carbocycles. The average Bonchev–Trinajstić information content (AvgIpc) is 2.39. The maximum Gasteiger partial charge on any atom is 0.129 e. The molecule has 2 rings (SSSR count). The molecule has 2 aromatic rings. The molecule has 0 aliphatic heterocycles. The van der Waals surface area contributed by atoms with Crippen LogP contribution in [0.4, 0.5) is 5.82 Å². The Bertz CT molecular complexity index is 459. The Balaban J connectivity index is 1.97. The molecule has 0 amide bonds. The molecule has 0 aliphatic rings. The second-order valence-corrected chi connectivity index (χ2v) is 3.70. The lowest BCUT2D eigenvalue weighted by Gasteiger charge is -2.06. The van der Waals surface area contributed by atoms with Crippen molar-refractivity contribution in [3.63, 3.8) is 0 Å². The van der Waals surface area contributed by atoms with Gasteiger partial charge in [-0.2, -0.15) is 0 Å². The minimum absolute atomic E-state index is 0.640. The summed E-state index contributed by atoms with van der Waals surface area (Å²) in [4.78, 5) is 7.98. The number of nitrogens with zero attached hydrogens (tertiary/aromatic N) is 2. The van der Waals surface area contributed by atoms with Crippen molar-refractivity contribution >= 4 is 5.82 Å². The van der Waals surface area contributed by atoms with E-state index in [1.165, 1.54) is 17.5 Å². The molecule has 0 spiro atoms. The van der Waals surface area contributed by atoms with Crippen LogP contribution >= 0.6 is 0 Å². The molecule has 1 heterocycles. The molecule has 1 N–H and O–H groups in total. The molecule has 17 heavy (non-hydrogen) atoms. The molecule has 0 saturated carbocycles. The summed E-state index contributed by atoms with van der Waals surface area (Å²) in [6.45, 7) is 1.38. The fourth-order valence-corrected chi connectivity index (χ4v) is 1.58. The van der Waals surface area contributed by atoms with Gasteiger partial charge >= 0.3 is 0 Å². The van der Waals surface area contributed by atoms with Crippen molar-refractivity contribution in [2.75, 3.05) is 12.4 Å². The number of aromatic nitrogens is 2. The van der Waals surface area contributed by atoms with Gasteiger partial charge < -0.3 is 10.1 Å². The van der Waals surface area contributed by atoms with E-state index in [0.717, 1.165) is 12.4 Å². The smallest absolute Gasteiger partial charge is 0.129 e. The standard InChI is InChI=1S/C13H15N3O/c1-17-9-12-4-2-3-11(7-12)8-15-13-5-6-14-10-16-13/h2-7,10H,8-9H2,1H3,(H,14,15,16). The van der Waals surface area contributed by atoms with Crippen molar-refractivity contribution in [3.05, 3.63) is 54.0 Å². The maximum atomic E-state index is 5.10. The van der Waals surface area contributed by atoms with Gasteiger partial charge in [-0.15, -0.1) is 0 Å². The normalized spacial score (nSPS) is 10.2. The Morgan fingerprint density at radius 2 is 2.12 bits per heavy atom. The molecule has 4 nitrogen and oxygen atoms in total. The Labute approximate surface area is 101 Å². The zero-order chi connectivity index (χ0) is 11.9. The van der Waals surface area contributed by atoms with Gasteiger partial charge in [0, 0.05) is 19.9 Å². The predicted octanol–water partition coefficient (Wildman–Crippen LogP) is 2.24. The lowest BCUT2D eigenvalue weighted by molar-refractivity contribution is 0.185. The molecular weight excluding hydrogens is 214 g/mol. The molecule has 0 atom stereocenters. The van der Waals surface area contributed by atoms with Crippen molar-refractivity contribution in [1.29, 1.82) is 0 Å². The summed E-state index contributed by atoms with van der Waals surface area (Å²) in [6.07, 6.45) is 3.25. The SMILES string of the molecule is COCc1cccc(CNc2ccncn2)c1. The Morgan fingerprint density at radius 3 is 2.88 bits per heavy atom. The summed E-state index contributed by atoms with van der Waals surface area (Å²) >= 11 is 0. The van der Waals surface area contributed by atoms with Gasteiger partial charge in [0.2, 0.25) is 0 Å². The van der Waals surface area contributed by atoms with E-state index in [1.807, 2.05) is 12.1 Å². The molecular formula is C13H15N3O. The van der Waals surface area contributed by atoms with E-state index in [2.05, 4.69) is 33.5 Å². The molecule has 88 valence electrons. The first-order valence-corrected chi connectivity index (χ1v) is 5.45. The fraction of sp³-hybridized carbons (Fsp3) is 0.231. The first-order valence-electron chi connectivity index (χ1n) is 5.45. The van der Waals surface area contributed by atoms with Crippen LogP contribution in [0.3, 0.4) is 0 Å². The third kappa shape index (κ3) is 3.53. The summed E-state index contributed by atoms with van der Waals surface area (Å²) in [5, 5.41) is 3.24. The molecule has 0 fully saturated rings. The van der Waals surface area contributed by atoms with Gasteiger partial charge in [-0.3, -0.25) is 0 Å². The Hall–Kier alpha value is -1.94. The van der Waals surface area contributed by atoms with Crippen LogP contribution in [0, 0.1) is 0 Å². The van der Waals surface area contributed by atoms with Crippen LogP contribution in [0.5, 0.6) is 0 Å². The number of benzene rings is 1. The van der Waals surface area contributed by atoms with E-state index in [1.54, 1.807) is 13.3 Å². The van der Waals surface area contributed by atoms with E-state index >= 15 is 0 Å². The van der Waals surface area contributed by atoms with Crippen LogP contribution in [0.2, 0.25) is 0 Å². The number of methoxy groups -OCH3 is 1. The lowest BCUT2D eigenvalue weighted by Crippen LogP contribution is -2.01. The van der Waals surface area contributed by atoms with Crippen LogP contribution in [0.25, 0.3) is 0 Å². The number of nitrogens with one attached hydrogen (secondary N) is 1. The average molecular weight is 229 g/mol. The van der Waals surface area contributed by atoms with Crippen molar-refractivity contribution in [2.24, 2.45) is 0 Å². The first-order chi connectivity index (χ1) is 8.38. The second kappa shape index (κ2) is 5.96. The summed E-state index contributed by atoms with van der Waals surface area (Å²) in [6, 6.07) is 10.1. The van der Waals surface area contributed by atoms with E-state index < -0.39 is 0 Å². The van der Waals surface area contributed by atoms with Crippen molar-refractivity contribution in [3.8, 4) is 0 Å². The molecule has 1 aromatic heterocycles. The van der Waals surface area contributed by atoms with Gasteiger partial charge in [-0.05, 0) is 17.2 Å². The molecule has 4 heteroatoms. The topological polar surface area (TPSA) is 47.0 Å². The van der Waals surface area contributed by atoms with E-state index in [-0.39, 0.29) is 0 Å². The van der Waals surface area contributed by atoms with Gasteiger partial charge in [-0.25, -0.2) is 9.97 Å². The van der Waals surface area contributed by atoms with E-state index in [4.69, 9.17) is 4.74 Å².